The van der Waals surface area contributed by atoms with E-state index in [1.807, 2.05) is 35.7 Å². The Hall–Kier alpha value is -2.21. The van der Waals surface area contributed by atoms with Gasteiger partial charge in [-0.2, -0.15) is 0 Å². The molecule has 6 nitrogen and oxygen atoms in total. The number of nitrogens with one attached hydrogen (secondary N) is 2. The van der Waals surface area contributed by atoms with Crippen molar-refractivity contribution in [2.45, 2.75) is 20.0 Å². The molecule has 3 aromatic rings. The zero-order chi connectivity index (χ0) is 12.4. The van der Waals surface area contributed by atoms with E-state index in [2.05, 4.69) is 25.5 Å². The van der Waals surface area contributed by atoms with E-state index in [1.54, 1.807) is 6.33 Å². The van der Waals surface area contributed by atoms with Gasteiger partial charge >= 0.3 is 0 Å². The predicted octanol–water partition coefficient (Wildman–Crippen LogP) is 1.05. The molecule has 18 heavy (non-hydrogen) atoms. The Morgan fingerprint density at radius 3 is 3.06 bits per heavy atom. The molecule has 0 bridgehead atoms. The zero-order valence-electron chi connectivity index (χ0n) is 10.1. The number of nitrogens with zero attached hydrogens (tertiary/aromatic N) is 4. The van der Waals surface area contributed by atoms with Crippen LogP contribution in [0.15, 0.2) is 30.7 Å². The van der Waals surface area contributed by atoms with Gasteiger partial charge in [-0.25, -0.2) is 4.98 Å². The van der Waals surface area contributed by atoms with E-state index < -0.39 is 0 Å². The van der Waals surface area contributed by atoms with Crippen LogP contribution in [0.25, 0.3) is 5.65 Å². The molecule has 3 heterocycles. The smallest absolute Gasteiger partial charge is 0.160 e. The van der Waals surface area contributed by atoms with Crippen LogP contribution in [0, 0.1) is 6.92 Å². The maximum Gasteiger partial charge on any atom is 0.160 e. The number of aryl methyl sites for hydroxylation is 1. The van der Waals surface area contributed by atoms with Crippen molar-refractivity contribution in [2.75, 3.05) is 0 Å². The molecule has 0 amide bonds. The average molecular weight is 242 g/mol. The fraction of sp³-hybridized carbons (Fsp3) is 0.250. The minimum absolute atomic E-state index is 0.664. The Morgan fingerprint density at radius 2 is 2.22 bits per heavy atom. The third-order valence-electron chi connectivity index (χ3n) is 2.89. The van der Waals surface area contributed by atoms with E-state index in [0.717, 1.165) is 29.4 Å². The van der Waals surface area contributed by atoms with Crippen LogP contribution in [0.3, 0.4) is 0 Å². The van der Waals surface area contributed by atoms with Crippen molar-refractivity contribution in [3.63, 3.8) is 0 Å². The highest BCUT2D eigenvalue weighted by Crippen LogP contribution is 2.03. The number of pyridine rings is 1. The fourth-order valence-electron chi connectivity index (χ4n) is 1.87. The first kappa shape index (κ1) is 10.9. The van der Waals surface area contributed by atoms with Gasteiger partial charge < -0.3 is 10.3 Å². The molecule has 0 saturated carbocycles. The van der Waals surface area contributed by atoms with Gasteiger partial charge in [0.15, 0.2) is 11.5 Å². The molecule has 0 unspecified atom stereocenters. The van der Waals surface area contributed by atoms with Gasteiger partial charge in [-0.05, 0) is 19.1 Å². The van der Waals surface area contributed by atoms with Crippen molar-refractivity contribution >= 4 is 5.65 Å². The van der Waals surface area contributed by atoms with Crippen LogP contribution in [0.4, 0.5) is 0 Å². The lowest BCUT2D eigenvalue weighted by molar-refractivity contribution is 0.646. The summed E-state index contributed by atoms with van der Waals surface area (Å²) < 4.78 is 1.98. The first-order valence-corrected chi connectivity index (χ1v) is 5.83. The molecule has 0 aromatic carbocycles. The summed E-state index contributed by atoms with van der Waals surface area (Å²) in [7, 11) is 0. The third-order valence-corrected chi connectivity index (χ3v) is 2.89. The SMILES string of the molecule is Cc1[nH]cnc1CNCc1nnc2ccccn12. The highest BCUT2D eigenvalue weighted by Gasteiger charge is 2.05. The van der Waals surface area contributed by atoms with E-state index in [9.17, 15) is 0 Å². The summed E-state index contributed by atoms with van der Waals surface area (Å²) >= 11 is 0. The molecular weight excluding hydrogens is 228 g/mol. The summed E-state index contributed by atoms with van der Waals surface area (Å²) in [6.45, 7) is 3.39. The monoisotopic (exact) mass is 242 g/mol. The van der Waals surface area contributed by atoms with Crippen molar-refractivity contribution in [3.8, 4) is 0 Å². The van der Waals surface area contributed by atoms with E-state index in [0.29, 0.717) is 6.54 Å². The van der Waals surface area contributed by atoms with Crippen molar-refractivity contribution in [1.29, 1.82) is 0 Å². The van der Waals surface area contributed by atoms with Gasteiger partial charge in [0.2, 0.25) is 0 Å². The molecule has 0 aliphatic heterocycles. The largest absolute Gasteiger partial charge is 0.348 e. The van der Waals surface area contributed by atoms with Gasteiger partial charge in [-0.3, -0.25) is 4.40 Å². The number of aromatic amines is 1. The summed E-state index contributed by atoms with van der Waals surface area (Å²) in [6.07, 6.45) is 3.67. The lowest BCUT2D eigenvalue weighted by Gasteiger charge is -2.02. The zero-order valence-corrected chi connectivity index (χ0v) is 10.1. The van der Waals surface area contributed by atoms with E-state index in [-0.39, 0.29) is 0 Å². The quantitative estimate of drug-likeness (QED) is 0.717. The minimum atomic E-state index is 0.664. The van der Waals surface area contributed by atoms with Crippen LogP contribution >= 0.6 is 0 Å². The molecule has 0 saturated heterocycles. The van der Waals surface area contributed by atoms with Crippen molar-refractivity contribution in [1.82, 2.24) is 29.9 Å². The molecule has 0 atom stereocenters. The Bertz CT molecular complexity index is 653. The first-order chi connectivity index (χ1) is 8.84. The third kappa shape index (κ3) is 1.98. The maximum absolute atomic E-state index is 4.24. The molecule has 3 rings (SSSR count). The number of fused-ring (bicyclic) bond motifs is 1. The van der Waals surface area contributed by atoms with Gasteiger partial charge in [0.1, 0.15) is 0 Å². The van der Waals surface area contributed by atoms with Gasteiger partial charge in [-0.1, -0.05) is 6.07 Å². The second-order valence-corrected chi connectivity index (χ2v) is 4.12. The molecule has 6 heteroatoms. The summed E-state index contributed by atoms with van der Waals surface area (Å²) in [5, 5.41) is 11.6. The number of hydrogen-bond donors (Lipinski definition) is 2. The molecular formula is C12H14N6. The molecule has 3 aromatic heterocycles. The van der Waals surface area contributed by atoms with Crippen LogP contribution in [0.2, 0.25) is 0 Å². The number of rotatable bonds is 4. The summed E-state index contributed by atoms with van der Waals surface area (Å²) in [6, 6.07) is 5.86. The summed E-state index contributed by atoms with van der Waals surface area (Å²) in [5.74, 6) is 0.902. The maximum atomic E-state index is 4.24. The highest BCUT2D eigenvalue weighted by atomic mass is 15.3. The highest BCUT2D eigenvalue weighted by molar-refractivity contribution is 5.36. The van der Waals surface area contributed by atoms with Crippen LogP contribution in [0.1, 0.15) is 17.2 Å². The Balaban J connectivity index is 1.68. The number of hydrogen-bond acceptors (Lipinski definition) is 4. The molecule has 0 radical (unpaired) electrons. The second-order valence-electron chi connectivity index (χ2n) is 4.12. The minimum Gasteiger partial charge on any atom is -0.348 e. The molecule has 0 aliphatic carbocycles. The number of aromatic nitrogens is 5. The van der Waals surface area contributed by atoms with Gasteiger partial charge in [0, 0.05) is 18.4 Å². The first-order valence-electron chi connectivity index (χ1n) is 5.83. The molecule has 2 N–H and O–H groups in total. The van der Waals surface area contributed by atoms with Crippen LogP contribution in [-0.2, 0) is 13.1 Å². The predicted molar refractivity (Wildman–Crippen MR) is 66.9 cm³/mol. The molecule has 92 valence electrons. The van der Waals surface area contributed by atoms with Gasteiger partial charge in [0.05, 0.1) is 18.6 Å². The number of imidazole rings is 1. The normalized spacial score (nSPS) is 11.2. The Kier molecular flexibility index (Phi) is 2.77. The van der Waals surface area contributed by atoms with Crippen LogP contribution in [-0.4, -0.2) is 24.6 Å². The number of H-pyrrole nitrogens is 1. The van der Waals surface area contributed by atoms with Crippen molar-refractivity contribution in [2.24, 2.45) is 0 Å². The van der Waals surface area contributed by atoms with Gasteiger partial charge in [-0.15, -0.1) is 10.2 Å². The van der Waals surface area contributed by atoms with Gasteiger partial charge in [0.25, 0.3) is 0 Å². The standard InChI is InChI=1S/C12H14N6/c1-9-10(15-8-14-9)6-13-7-12-17-16-11-4-2-3-5-18(11)12/h2-5,8,13H,6-7H2,1H3,(H,14,15). The summed E-state index contributed by atoms with van der Waals surface area (Å²) in [4.78, 5) is 7.29. The fourth-order valence-corrected chi connectivity index (χ4v) is 1.87. The topological polar surface area (TPSA) is 70.9 Å². The van der Waals surface area contributed by atoms with Crippen molar-refractivity contribution in [3.05, 3.63) is 47.9 Å². The van der Waals surface area contributed by atoms with Crippen LogP contribution < -0.4 is 5.32 Å². The molecule has 0 fully saturated rings. The lowest BCUT2D eigenvalue weighted by Crippen LogP contribution is -2.15. The van der Waals surface area contributed by atoms with E-state index in [1.165, 1.54) is 0 Å². The summed E-state index contributed by atoms with van der Waals surface area (Å²) in [5.41, 5.74) is 2.99. The van der Waals surface area contributed by atoms with Crippen LogP contribution in [0.5, 0.6) is 0 Å². The Labute approximate surface area is 104 Å². The Morgan fingerprint density at radius 1 is 1.28 bits per heavy atom. The lowest BCUT2D eigenvalue weighted by atomic mass is 10.3. The molecule has 0 aliphatic rings. The van der Waals surface area contributed by atoms with E-state index >= 15 is 0 Å². The van der Waals surface area contributed by atoms with Crippen molar-refractivity contribution < 1.29 is 0 Å². The van der Waals surface area contributed by atoms with E-state index in [4.69, 9.17) is 0 Å². The second kappa shape index (κ2) is 4.58. The molecule has 0 spiro atoms. The average Bonchev–Trinajstić information content (AvgIpc) is 2.97.